The van der Waals surface area contributed by atoms with Gasteiger partial charge in [0.25, 0.3) is 0 Å². The molecule has 0 saturated heterocycles. The molecule has 0 saturated carbocycles. The molecule has 0 amide bonds. The molecule has 0 aliphatic rings. The van der Waals surface area contributed by atoms with Gasteiger partial charge in [0, 0.05) is 17.0 Å². The minimum atomic E-state index is 0.471. The molecule has 0 spiro atoms. The van der Waals surface area contributed by atoms with Crippen molar-refractivity contribution in [2.45, 2.75) is 6.92 Å². The molecular weight excluding hydrogens is 388 g/mol. The van der Waals surface area contributed by atoms with Gasteiger partial charge in [0.1, 0.15) is 22.6 Å². The van der Waals surface area contributed by atoms with Crippen molar-refractivity contribution in [3.05, 3.63) is 57.2 Å². The third kappa shape index (κ3) is 3.75. The van der Waals surface area contributed by atoms with E-state index >= 15 is 0 Å². The highest BCUT2D eigenvalue weighted by Crippen LogP contribution is 2.28. The lowest BCUT2D eigenvalue weighted by molar-refractivity contribution is 0.340. The van der Waals surface area contributed by atoms with Crippen LogP contribution < -0.4 is 4.74 Å². The number of allylic oxidation sites excluding steroid dienone is 1. The Morgan fingerprint density at radius 3 is 2.75 bits per heavy atom. The van der Waals surface area contributed by atoms with E-state index in [2.05, 4.69) is 27.0 Å². The summed E-state index contributed by atoms with van der Waals surface area (Å²) in [5.74, 6) is 1.44. The van der Waals surface area contributed by atoms with E-state index in [-0.39, 0.29) is 0 Å². The molecule has 0 radical (unpaired) electrons. The predicted octanol–water partition coefficient (Wildman–Crippen LogP) is 5.63. The van der Waals surface area contributed by atoms with Gasteiger partial charge in [-0.1, -0.05) is 0 Å². The van der Waals surface area contributed by atoms with E-state index in [1.54, 1.807) is 18.2 Å². The Morgan fingerprint density at radius 1 is 1.33 bits per heavy atom. The van der Waals surface area contributed by atoms with E-state index < -0.39 is 0 Å². The zero-order valence-corrected chi connectivity index (χ0v) is 15.2. The van der Waals surface area contributed by atoms with Gasteiger partial charge >= 0.3 is 0 Å². The third-order valence-electron chi connectivity index (χ3n) is 3.20. The fourth-order valence-corrected chi connectivity index (χ4v) is 3.22. The van der Waals surface area contributed by atoms with E-state index in [1.807, 2.05) is 36.6 Å². The van der Waals surface area contributed by atoms with Crippen molar-refractivity contribution in [1.82, 2.24) is 4.98 Å². The Kier molecular flexibility index (Phi) is 5.14. The minimum Gasteiger partial charge on any atom is -0.494 e. The summed E-state index contributed by atoms with van der Waals surface area (Å²) in [4.78, 5) is 4.56. The summed E-state index contributed by atoms with van der Waals surface area (Å²) >= 11 is 4.68. The smallest absolute Gasteiger partial charge is 0.169 e. The Hall–Kier alpha value is -2.36. The van der Waals surface area contributed by atoms with Crippen molar-refractivity contribution in [3.63, 3.8) is 0 Å². The van der Waals surface area contributed by atoms with E-state index in [1.165, 1.54) is 11.3 Å². The van der Waals surface area contributed by atoms with Crippen molar-refractivity contribution < 1.29 is 9.15 Å². The van der Waals surface area contributed by atoms with Gasteiger partial charge in [-0.2, -0.15) is 5.26 Å². The Labute approximate surface area is 152 Å². The second-order valence-electron chi connectivity index (χ2n) is 4.81. The number of hydrogen-bond donors (Lipinski definition) is 0. The first-order chi connectivity index (χ1) is 11.7. The Morgan fingerprint density at radius 2 is 2.12 bits per heavy atom. The topological polar surface area (TPSA) is 59.0 Å². The first-order valence-electron chi connectivity index (χ1n) is 7.26. The first-order valence-corrected chi connectivity index (χ1v) is 8.93. The molecule has 0 aliphatic carbocycles. The van der Waals surface area contributed by atoms with E-state index in [0.717, 1.165) is 17.0 Å². The number of halogens is 1. The van der Waals surface area contributed by atoms with Crippen molar-refractivity contribution in [1.29, 1.82) is 5.26 Å². The lowest BCUT2D eigenvalue weighted by Crippen LogP contribution is -1.90. The van der Waals surface area contributed by atoms with E-state index in [4.69, 9.17) is 9.15 Å². The lowest BCUT2D eigenvalue weighted by atomic mass is 10.1. The fourth-order valence-electron chi connectivity index (χ4n) is 2.11. The van der Waals surface area contributed by atoms with Crippen LogP contribution in [0.25, 0.3) is 22.9 Å². The van der Waals surface area contributed by atoms with E-state index in [9.17, 15) is 5.26 Å². The maximum atomic E-state index is 9.40. The molecule has 0 N–H and O–H groups in total. The van der Waals surface area contributed by atoms with Crippen LogP contribution in [0.3, 0.4) is 0 Å². The number of benzene rings is 1. The summed E-state index contributed by atoms with van der Waals surface area (Å²) in [5.41, 5.74) is 2.29. The zero-order valence-electron chi connectivity index (χ0n) is 12.8. The van der Waals surface area contributed by atoms with Crippen LogP contribution in [0.5, 0.6) is 5.75 Å². The maximum absolute atomic E-state index is 9.40. The number of nitriles is 1. The summed E-state index contributed by atoms with van der Waals surface area (Å²) in [6.45, 7) is 2.59. The average Bonchev–Trinajstić information content (AvgIpc) is 3.23. The van der Waals surface area contributed by atoms with Gasteiger partial charge in [0.15, 0.2) is 4.67 Å². The molecule has 2 aromatic heterocycles. The van der Waals surface area contributed by atoms with Gasteiger partial charge in [0.05, 0.1) is 17.9 Å². The van der Waals surface area contributed by atoms with E-state index in [0.29, 0.717) is 27.6 Å². The molecule has 0 fully saturated rings. The quantitative estimate of drug-likeness (QED) is 0.520. The van der Waals surface area contributed by atoms with Crippen LogP contribution in [0.4, 0.5) is 0 Å². The monoisotopic (exact) mass is 400 g/mol. The van der Waals surface area contributed by atoms with Crippen LogP contribution in [0.1, 0.15) is 17.7 Å². The number of aromatic nitrogens is 1. The molecule has 0 aliphatic heterocycles. The van der Waals surface area contributed by atoms with Gasteiger partial charge in [-0.25, -0.2) is 4.98 Å². The normalized spacial score (nSPS) is 11.3. The summed E-state index contributed by atoms with van der Waals surface area (Å²) in [7, 11) is 0. The molecular formula is C18H13BrN2O2S. The van der Waals surface area contributed by atoms with Crippen molar-refractivity contribution in [3.8, 4) is 23.1 Å². The molecule has 0 atom stereocenters. The third-order valence-corrected chi connectivity index (χ3v) is 4.50. The number of ether oxygens (including phenoxy) is 1. The Balaban J connectivity index is 1.86. The maximum Gasteiger partial charge on any atom is 0.169 e. The number of nitrogens with zero attached hydrogens (tertiary/aromatic N) is 2. The van der Waals surface area contributed by atoms with Crippen LogP contribution in [0.2, 0.25) is 0 Å². The molecule has 3 aromatic rings. The van der Waals surface area contributed by atoms with Gasteiger partial charge in [-0.3, -0.25) is 0 Å². The fraction of sp³-hybridized carbons (Fsp3) is 0.111. The van der Waals surface area contributed by atoms with Gasteiger partial charge < -0.3 is 9.15 Å². The summed E-state index contributed by atoms with van der Waals surface area (Å²) in [6, 6.07) is 13.5. The molecule has 0 unspecified atom stereocenters. The summed E-state index contributed by atoms with van der Waals surface area (Å²) in [5, 5.41) is 12.0. The largest absolute Gasteiger partial charge is 0.494 e. The number of hydrogen-bond acceptors (Lipinski definition) is 5. The standard InChI is InChI=1S/C18H13BrN2O2S/c1-2-22-14-5-3-12(4-6-14)16-11-24-18(21-16)13(10-20)9-15-7-8-17(19)23-15/h3-9,11H,2H2,1H3/b13-9+. The average molecular weight is 401 g/mol. The Bertz CT molecular complexity index is 904. The molecule has 0 bridgehead atoms. The van der Waals surface area contributed by atoms with Crippen LogP contribution >= 0.6 is 27.3 Å². The zero-order chi connectivity index (χ0) is 16.9. The van der Waals surface area contributed by atoms with Gasteiger partial charge in [-0.15, -0.1) is 11.3 Å². The number of furan rings is 1. The molecule has 2 heterocycles. The van der Waals surface area contributed by atoms with Crippen molar-refractivity contribution in [2.24, 2.45) is 0 Å². The minimum absolute atomic E-state index is 0.471. The number of thiazole rings is 1. The van der Waals surface area contributed by atoms with Crippen LogP contribution in [0.15, 0.2) is 50.9 Å². The van der Waals surface area contributed by atoms with Gasteiger partial charge in [-0.05, 0) is 59.3 Å². The highest BCUT2D eigenvalue weighted by molar-refractivity contribution is 9.10. The summed E-state index contributed by atoms with van der Waals surface area (Å²) in [6.07, 6.45) is 1.69. The molecule has 3 rings (SSSR count). The van der Waals surface area contributed by atoms with Crippen LogP contribution in [-0.2, 0) is 0 Å². The predicted molar refractivity (Wildman–Crippen MR) is 98.6 cm³/mol. The van der Waals surface area contributed by atoms with Crippen molar-refractivity contribution in [2.75, 3.05) is 6.61 Å². The molecule has 24 heavy (non-hydrogen) atoms. The second-order valence-corrected chi connectivity index (χ2v) is 6.45. The highest BCUT2D eigenvalue weighted by atomic mass is 79.9. The lowest BCUT2D eigenvalue weighted by Gasteiger charge is -2.03. The molecule has 1 aromatic carbocycles. The molecule has 6 heteroatoms. The SMILES string of the molecule is CCOc1ccc(-c2csc(/C(C#N)=C/c3ccc(Br)o3)n2)cc1. The van der Waals surface area contributed by atoms with Crippen molar-refractivity contribution >= 4 is 38.9 Å². The van der Waals surface area contributed by atoms with Gasteiger partial charge in [0.2, 0.25) is 0 Å². The van der Waals surface area contributed by atoms with Crippen LogP contribution in [-0.4, -0.2) is 11.6 Å². The molecule has 4 nitrogen and oxygen atoms in total. The molecule has 120 valence electrons. The second kappa shape index (κ2) is 7.47. The highest BCUT2D eigenvalue weighted by Gasteiger charge is 2.10. The summed E-state index contributed by atoms with van der Waals surface area (Å²) < 4.78 is 11.5. The number of rotatable bonds is 5. The first kappa shape index (κ1) is 16.5. The van der Waals surface area contributed by atoms with Crippen LogP contribution in [0, 0.1) is 11.3 Å².